The van der Waals surface area contributed by atoms with Crippen molar-refractivity contribution in [3.63, 3.8) is 0 Å². The van der Waals surface area contributed by atoms with E-state index in [0.29, 0.717) is 24.2 Å². The zero-order valence-electron chi connectivity index (χ0n) is 16.0. The molecule has 0 aliphatic heterocycles. The third-order valence-corrected chi connectivity index (χ3v) is 4.40. The van der Waals surface area contributed by atoms with Crippen LogP contribution < -0.4 is 9.80 Å². The Hall–Kier alpha value is -3.35. The molecular formula is C21H24N2O5. The predicted molar refractivity (Wildman–Crippen MR) is 107 cm³/mol. The van der Waals surface area contributed by atoms with E-state index in [4.69, 9.17) is 10.2 Å². The van der Waals surface area contributed by atoms with Gasteiger partial charge >= 0.3 is 11.9 Å². The van der Waals surface area contributed by atoms with E-state index in [0.717, 1.165) is 11.4 Å². The van der Waals surface area contributed by atoms with Gasteiger partial charge in [-0.05, 0) is 62.4 Å². The van der Waals surface area contributed by atoms with Crippen molar-refractivity contribution in [2.75, 3.05) is 36.0 Å². The van der Waals surface area contributed by atoms with Crippen molar-refractivity contribution in [2.45, 2.75) is 13.8 Å². The van der Waals surface area contributed by atoms with Gasteiger partial charge in [-0.2, -0.15) is 0 Å². The second-order valence-electron chi connectivity index (χ2n) is 6.24. The summed E-state index contributed by atoms with van der Waals surface area (Å²) >= 11 is 0. The molecule has 2 aromatic carbocycles. The molecule has 2 rings (SSSR count). The van der Waals surface area contributed by atoms with E-state index >= 15 is 0 Å². The summed E-state index contributed by atoms with van der Waals surface area (Å²) in [6, 6.07) is 13.7. The van der Waals surface area contributed by atoms with Crippen LogP contribution in [0.1, 0.15) is 29.8 Å². The largest absolute Gasteiger partial charge is 0.480 e. The number of carboxylic acid groups (broad SMARTS) is 2. The fourth-order valence-corrected chi connectivity index (χ4v) is 2.91. The number of carboxylic acids is 2. The van der Waals surface area contributed by atoms with E-state index in [1.54, 1.807) is 58.3 Å². The monoisotopic (exact) mass is 384 g/mol. The van der Waals surface area contributed by atoms with Gasteiger partial charge in [0, 0.05) is 35.6 Å². The number of anilines is 2. The first-order valence-corrected chi connectivity index (χ1v) is 9.04. The highest BCUT2D eigenvalue weighted by atomic mass is 16.4. The Balaban J connectivity index is 2.15. The molecule has 0 aliphatic carbocycles. The van der Waals surface area contributed by atoms with Crippen molar-refractivity contribution in [2.24, 2.45) is 0 Å². The van der Waals surface area contributed by atoms with Crippen molar-refractivity contribution < 1.29 is 24.6 Å². The molecule has 2 aromatic rings. The number of carbonyl (C=O) groups excluding carboxylic acids is 1. The van der Waals surface area contributed by atoms with Crippen LogP contribution >= 0.6 is 0 Å². The van der Waals surface area contributed by atoms with E-state index in [-0.39, 0.29) is 18.9 Å². The minimum Gasteiger partial charge on any atom is -0.480 e. The molecule has 0 aromatic heterocycles. The molecule has 0 amide bonds. The first-order valence-electron chi connectivity index (χ1n) is 9.04. The lowest BCUT2D eigenvalue weighted by Gasteiger charge is -2.21. The van der Waals surface area contributed by atoms with Gasteiger partial charge in [-0.15, -0.1) is 0 Å². The molecule has 0 fully saturated rings. The topological polar surface area (TPSA) is 98.2 Å². The van der Waals surface area contributed by atoms with Crippen molar-refractivity contribution in [1.29, 1.82) is 0 Å². The predicted octanol–water partition coefficient (Wildman–Crippen LogP) is 2.74. The molecule has 7 heteroatoms. The summed E-state index contributed by atoms with van der Waals surface area (Å²) in [6.45, 7) is 4.63. The lowest BCUT2D eigenvalue weighted by Crippen LogP contribution is -2.29. The van der Waals surface area contributed by atoms with E-state index in [1.165, 1.54) is 0 Å². The number of likely N-dealkylation sites (N-methyl/N-ethyl adjacent to an activating group) is 2. The van der Waals surface area contributed by atoms with Crippen LogP contribution in [-0.2, 0) is 9.59 Å². The van der Waals surface area contributed by atoms with E-state index in [2.05, 4.69) is 0 Å². The number of carbonyl (C=O) groups is 3. The molecule has 7 nitrogen and oxygen atoms in total. The molecule has 0 radical (unpaired) electrons. The van der Waals surface area contributed by atoms with Crippen molar-refractivity contribution in [1.82, 2.24) is 0 Å². The molecule has 0 saturated heterocycles. The number of hydrogen-bond donors (Lipinski definition) is 2. The van der Waals surface area contributed by atoms with Crippen LogP contribution in [0.5, 0.6) is 0 Å². The lowest BCUT2D eigenvalue weighted by molar-refractivity contribution is -0.136. The highest BCUT2D eigenvalue weighted by Gasteiger charge is 2.13. The maximum Gasteiger partial charge on any atom is 0.323 e. The second-order valence-corrected chi connectivity index (χ2v) is 6.24. The number of ketones is 1. The van der Waals surface area contributed by atoms with Gasteiger partial charge in [-0.25, -0.2) is 0 Å². The van der Waals surface area contributed by atoms with Crippen molar-refractivity contribution >= 4 is 29.1 Å². The quantitative estimate of drug-likeness (QED) is 0.608. The maximum atomic E-state index is 12.7. The van der Waals surface area contributed by atoms with Crippen LogP contribution in [0.2, 0.25) is 0 Å². The smallest absolute Gasteiger partial charge is 0.323 e. The number of benzene rings is 2. The van der Waals surface area contributed by atoms with Gasteiger partial charge in [0.05, 0.1) is 0 Å². The number of rotatable bonds is 10. The average molecular weight is 384 g/mol. The molecule has 2 N–H and O–H groups in total. The number of aliphatic carboxylic acids is 2. The van der Waals surface area contributed by atoms with E-state index < -0.39 is 11.9 Å². The zero-order chi connectivity index (χ0) is 20.7. The van der Waals surface area contributed by atoms with Crippen LogP contribution in [-0.4, -0.2) is 54.1 Å². The summed E-state index contributed by atoms with van der Waals surface area (Å²) in [5.74, 6) is -1.97. The maximum absolute atomic E-state index is 12.7. The Bertz CT molecular complexity index is 761. The lowest BCUT2D eigenvalue weighted by atomic mass is 10.0. The van der Waals surface area contributed by atoms with Crippen LogP contribution in [0.25, 0.3) is 0 Å². The third-order valence-electron chi connectivity index (χ3n) is 4.40. The van der Waals surface area contributed by atoms with Gasteiger partial charge in [0.25, 0.3) is 0 Å². The van der Waals surface area contributed by atoms with Gasteiger partial charge in [-0.1, -0.05) is 0 Å². The Morgan fingerprint density at radius 2 is 1.00 bits per heavy atom. The first kappa shape index (κ1) is 21.0. The molecule has 148 valence electrons. The summed E-state index contributed by atoms with van der Waals surface area (Å²) in [5, 5.41) is 17.9. The number of nitrogens with zero attached hydrogens (tertiary/aromatic N) is 2. The highest BCUT2D eigenvalue weighted by molar-refractivity contribution is 6.09. The van der Waals surface area contributed by atoms with Crippen LogP contribution in [0.4, 0.5) is 11.4 Å². The molecule has 0 spiro atoms. The normalized spacial score (nSPS) is 10.4. The molecule has 0 saturated carbocycles. The number of hydrogen-bond acceptors (Lipinski definition) is 5. The SMILES string of the molecule is CCN(CC(=O)O)c1ccc(C(=O)c2ccc(N(CC)CC(=O)O)cc2)cc1. The van der Waals surface area contributed by atoms with E-state index in [1.807, 2.05) is 13.8 Å². The second kappa shape index (κ2) is 9.55. The molecule has 0 heterocycles. The van der Waals surface area contributed by atoms with Gasteiger partial charge < -0.3 is 20.0 Å². The van der Waals surface area contributed by atoms with Gasteiger partial charge in [0.15, 0.2) is 5.78 Å². The van der Waals surface area contributed by atoms with E-state index in [9.17, 15) is 14.4 Å². The van der Waals surface area contributed by atoms with Crippen LogP contribution in [0, 0.1) is 0 Å². The summed E-state index contributed by atoms with van der Waals surface area (Å²) < 4.78 is 0. The summed E-state index contributed by atoms with van der Waals surface area (Å²) in [6.07, 6.45) is 0. The molecule has 0 unspecified atom stereocenters. The standard InChI is InChI=1S/C21H24N2O5/c1-3-22(13-19(24)25)17-9-5-15(6-10-17)21(28)16-7-11-18(12-8-16)23(4-2)14-20(26)27/h5-12H,3-4,13-14H2,1-2H3,(H,24,25)(H,26,27). The minimum atomic E-state index is -0.911. The third kappa shape index (κ3) is 5.33. The summed E-state index contributed by atoms with van der Waals surface area (Å²) in [7, 11) is 0. The highest BCUT2D eigenvalue weighted by Crippen LogP contribution is 2.20. The van der Waals surface area contributed by atoms with Gasteiger partial charge in [0.2, 0.25) is 0 Å². The van der Waals surface area contributed by atoms with Gasteiger partial charge in [0.1, 0.15) is 13.1 Å². The minimum absolute atomic E-state index is 0.102. The van der Waals surface area contributed by atoms with Crippen molar-refractivity contribution in [3.05, 3.63) is 59.7 Å². The Kier molecular flexibility index (Phi) is 7.14. The van der Waals surface area contributed by atoms with Crippen molar-refractivity contribution in [3.8, 4) is 0 Å². The van der Waals surface area contributed by atoms with Crippen LogP contribution in [0.3, 0.4) is 0 Å². The molecule has 0 atom stereocenters. The summed E-state index contributed by atoms with van der Waals surface area (Å²) in [5.41, 5.74) is 2.48. The first-order chi connectivity index (χ1) is 13.3. The molecule has 28 heavy (non-hydrogen) atoms. The van der Waals surface area contributed by atoms with Gasteiger partial charge in [-0.3, -0.25) is 14.4 Å². The fourth-order valence-electron chi connectivity index (χ4n) is 2.91. The molecule has 0 bridgehead atoms. The summed E-state index contributed by atoms with van der Waals surface area (Å²) in [4.78, 5) is 37.9. The molecule has 0 aliphatic rings. The zero-order valence-corrected chi connectivity index (χ0v) is 16.0. The fraction of sp³-hybridized carbons (Fsp3) is 0.286. The van der Waals surface area contributed by atoms with Crippen LogP contribution in [0.15, 0.2) is 48.5 Å². The Morgan fingerprint density at radius 1 is 0.679 bits per heavy atom. The molecular weight excluding hydrogens is 360 g/mol. The Morgan fingerprint density at radius 3 is 1.25 bits per heavy atom. The Labute approximate surface area is 163 Å². The average Bonchev–Trinajstić information content (AvgIpc) is 2.69.